The van der Waals surface area contributed by atoms with Gasteiger partial charge in [0, 0.05) is 37.4 Å². The predicted molar refractivity (Wildman–Crippen MR) is 115 cm³/mol. The van der Waals surface area contributed by atoms with Gasteiger partial charge in [-0.3, -0.25) is 14.6 Å². The van der Waals surface area contributed by atoms with Gasteiger partial charge < -0.3 is 10.2 Å². The van der Waals surface area contributed by atoms with Gasteiger partial charge in [-0.05, 0) is 55.9 Å². The molecule has 0 bridgehead atoms. The highest BCUT2D eigenvalue weighted by atomic mass is 16.2. The third-order valence-corrected chi connectivity index (χ3v) is 6.27. The molecule has 2 aliphatic rings. The lowest BCUT2D eigenvalue weighted by Crippen LogP contribution is -2.40. The van der Waals surface area contributed by atoms with Crippen LogP contribution in [0.5, 0.6) is 0 Å². The van der Waals surface area contributed by atoms with E-state index < -0.39 is 0 Å². The molecule has 3 aromatic rings. The van der Waals surface area contributed by atoms with Crippen molar-refractivity contribution < 1.29 is 9.59 Å². The monoisotopic (exact) mass is 418 g/mol. The average Bonchev–Trinajstić information content (AvgIpc) is 3.57. The van der Waals surface area contributed by atoms with E-state index in [2.05, 4.69) is 20.6 Å². The smallest absolute Gasteiger partial charge is 0.252 e. The van der Waals surface area contributed by atoms with Crippen molar-refractivity contribution in [1.82, 2.24) is 30.2 Å². The maximum atomic E-state index is 12.8. The zero-order chi connectivity index (χ0) is 21.2. The average molecular weight is 419 g/mol. The van der Waals surface area contributed by atoms with Gasteiger partial charge in [0.25, 0.3) is 5.91 Å². The molecule has 5 rings (SSSR count). The molecule has 1 aromatic carbocycles. The molecular formula is C23H26N6O2. The number of nitrogens with one attached hydrogen (secondary N) is 1. The maximum Gasteiger partial charge on any atom is 0.252 e. The summed E-state index contributed by atoms with van der Waals surface area (Å²) in [6.07, 6.45) is 5.83. The van der Waals surface area contributed by atoms with E-state index in [1.807, 2.05) is 41.3 Å². The van der Waals surface area contributed by atoms with E-state index in [1.165, 1.54) is 12.8 Å². The number of likely N-dealkylation sites (tertiary alicyclic amines) is 1. The Bertz CT molecular complexity index is 1080. The molecule has 2 fully saturated rings. The van der Waals surface area contributed by atoms with E-state index in [9.17, 15) is 9.59 Å². The first kappa shape index (κ1) is 19.7. The topological polar surface area (TPSA) is 93.0 Å². The van der Waals surface area contributed by atoms with Gasteiger partial charge in [-0.25, -0.2) is 4.68 Å². The minimum absolute atomic E-state index is 0.0491. The Morgan fingerprint density at radius 1 is 1.03 bits per heavy atom. The van der Waals surface area contributed by atoms with E-state index in [1.54, 1.807) is 10.9 Å². The highest BCUT2D eigenvalue weighted by Gasteiger charge is 2.26. The summed E-state index contributed by atoms with van der Waals surface area (Å²) in [5, 5.41) is 11.2. The number of nitrogens with zero attached hydrogens (tertiary/aromatic N) is 5. The molecule has 0 atom stereocenters. The van der Waals surface area contributed by atoms with Crippen molar-refractivity contribution in [2.24, 2.45) is 5.92 Å². The summed E-state index contributed by atoms with van der Waals surface area (Å²) in [4.78, 5) is 31.4. The molecule has 1 saturated carbocycles. The van der Waals surface area contributed by atoms with Gasteiger partial charge in [0.05, 0.1) is 11.1 Å². The summed E-state index contributed by atoms with van der Waals surface area (Å²) in [7, 11) is 0. The molecule has 3 heterocycles. The first-order valence-corrected chi connectivity index (χ1v) is 11.0. The SMILES string of the molecule is O=C(NCC1CC1)c1ccc(C2CCN(C(=O)Cn3nnc4ccccc43)CC2)nc1. The number of benzene rings is 1. The molecule has 1 aliphatic heterocycles. The summed E-state index contributed by atoms with van der Waals surface area (Å²) < 4.78 is 1.66. The zero-order valence-electron chi connectivity index (χ0n) is 17.4. The standard InChI is InChI=1S/C23H26N6O2/c30-22(15-29-21-4-2-1-3-20(21)26-27-29)28-11-9-17(10-12-28)19-8-7-18(14-24-19)23(31)25-13-16-5-6-16/h1-4,7-8,14,16-17H,5-6,9-13,15H2,(H,25,31). The summed E-state index contributed by atoms with van der Waals surface area (Å²) in [5.74, 6) is 0.976. The summed E-state index contributed by atoms with van der Waals surface area (Å²) in [6.45, 7) is 2.36. The molecule has 1 saturated heterocycles. The normalized spacial score (nSPS) is 17.1. The third-order valence-electron chi connectivity index (χ3n) is 6.27. The largest absolute Gasteiger partial charge is 0.352 e. The molecule has 0 spiro atoms. The molecule has 1 aliphatic carbocycles. The van der Waals surface area contributed by atoms with Crippen LogP contribution in [0.15, 0.2) is 42.6 Å². The Balaban J connectivity index is 1.14. The molecule has 31 heavy (non-hydrogen) atoms. The molecule has 2 aromatic heterocycles. The molecule has 8 nitrogen and oxygen atoms in total. The van der Waals surface area contributed by atoms with Crippen molar-refractivity contribution in [1.29, 1.82) is 0 Å². The molecule has 0 radical (unpaired) electrons. The fourth-order valence-corrected chi connectivity index (χ4v) is 4.13. The van der Waals surface area contributed by atoms with Crippen LogP contribution in [0.1, 0.15) is 47.7 Å². The van der Waals surface area contributed by atoms with Crippen molar-refractivity contribution in [3.05, 3.63) is 53.9 Å². The number of carbonyl (C=O) groups excluding carboxylic acids is 2. The highest BCUT2D eigenvalue weighted by Crippen LogP contribution is 2.28. The Labute approximate surface area is 180 Å². The van der Waals surface area contributed by atoms with Crippen LogP contribution in [0.2, 0.25) is 0 Å². The Kier molecular flexibility index (Phi) is 5.36. The summed E-state index contributed by atoms with van der Waals surface area (Å²) in [6, 6.07) is 11.5. The number of rotatable bonds is 6. The van der Waals surface area contributed by atoms with Gasteiger partial charge in [-0.1, -0.05) is 17.3 Å². The fourth-order valence-electron chi connectivity index (χ4n) is 4.13. The van der Waals surface area contributed by atoms with Gasteiger partial charge in [0.1, 0.15) is 12.1 Å². The number of carbonyl (C=O) groups is 2. The van der Waals surface area contributed by atoms with Gasteiger partial charge in [0.15, 0.2) is 0 Å². The minimum atomic E-state index is -0.0491. The Morgan fingerprint density at radius 3 is 2.58 bits per heavy atom. The van der Waals surface area contributed by atoms with Crippen LogP contribution in [-0.2, 0) is 11.3 Å². The molecule has 8 heteroatoms. The number of aromatic nitrogens is 4. The molecule has 160 valence electrons. The van der Waals surface area contributed by atoms with Crippen LogP contribution >= 0.6 is 0 Å². The first-order chi connectivity index (χ1) is 15.2. The van der Waals surface area contributed by atoms with Crippen molar-refractivity contribution in [3.63, 3.8) is 0 Å². The third kappa shape index (κ3) is 4.42. The molecule has 0 unspecified atom stereocenters. The maximum absolute atomic E-state index is 12.8. The second-order valence-corrected chi connectivity index (χ2v) is 8.52. The van der Waals surface area contributed by atoms with Crippen LogP contribution < -0.4 is 5.32 Å². The van der Waals surface area contributed by atoms with Gasteiger partial charge in [-0.15, -0.1) is 5.10 Å². The predicted octanol–water partition coefficient (Wildman–Crippen LogP) is 2.37. The second-order valence-electron chi connectivity index (χ2n) is 8.52. The van der Waals surface area contributed by atoms with E-state index >= 15 is 0 Å². The van der Waals surface area contributed by atoms with Crippen LogP contribution in [0.4, 0.5) is 0 Å². The van der Waals surface area contributed by atoms with E-state index in [0.29, 0.717) is 30.5 Å². The number of piperidine rings is 1. The van der Waals surface area contributed by atoms with E-state index in [0.717, 1.165) is 36.1 Å². The molecule has 1 N–H and O–H groups in total. The van der Waals surface area contributed by atoms with Crippen molar-refractivity contribution in [2.75, 3.05) is 19.6 Å². The summed E-state index contributed by atoms with van der Waals surface area (Å²) >= 11 is 0. The lowest BCUT2D eigenvalue weighted by molar-refractivity contribution is -0.133. The van der Waals surface area contributed by atoms with Crippen LogP contribution in [0.3, 0.4) is 0 Å². The highest BCUT2D eigenvalue weighted by molar-refractivity contribution is 5.93. The number of para-hydroxylation sites is 1. The van der Waals surface area contributed by atoms with Crippen LogP contribution in [0.25, 0.3) is 11.0 Å². The van der Waals surface area contributed by atoms with Crippen molar-refractivity contribution >= 4 is 22.8 Å². The minimum Gasteiger partial charge on any atom is -0.352 e. The van der Waals surface area contributed by atoms with Crippen LogP contribution in [-0.4, -0.2) is 56.3 Å². The molecule has 2 amide bonds. The molecular weight excluding hydrogens is 392 g/mol. The fraction of sp³-hybridized carbons (Fsp3) is 0.435. The van der Waals surface area contributed by atoms with Crippen molar-refractivity contribution in [2.45, 2.75) is 38.1 Å². The van der Waals surface area contributed by atoms with E-state index in [-0.39, 0.29) is 18.4 Å². The lowest BCUT2D eigenvalue weighted by Gasteiger charge is -2.31. The number of hydrogen-bond acceptors (Lipinski definition) is 5. The summed E-state index contributed by atoms with van der Waals surface area (Å²) in [5.41, 5.74) is 3.27. The van der Waals surface area contributed by atoms with E-state index in [4.69, 9.17) is 0 Å². The quantitative estimate of drug-likeness (QED) is 0.663. The van der Waals surface area contributed by atoms with Gasteiger partial charge >= 0.3 is 0 Å². The second kappa shape index (κ2) is 8.45. The lowest BCUT2D eigenvalue weighted by atomic mass is 9.92. The Hall–Kier alpha value is -3.29. The zero-order valence-corrected chi connectivity index (χ0v) is 17.4. The van der Waals surface area contributed by atoms with Gasteiger partial charge in [-0.2, -0.15) is 0 Å². The number of amides is 2. The number of hydrogen-bond donors (Lipinski definition) is 1. The number of fused-ring (bicyclic) bond motifs is 1. The van der Waals surface area contributed by atoms with Crippen LogP contribution in [0, 0.1) is 5.92 Å². The van der Waals surface area contributed by atoms with Gasteiger partial charge in [0.2, 0.25) is 5.91 Å². The van der Waals surface area contributed by atoms with Crippen molar-refractivity contribution in [3.8, 4) is 0 Å². The first-order valence-electron chi connectivity index (χ1n) is 11.0. The number of pyridine rings is 1. The Morgan fingerprint density at radius 2 is 1.84 bits per heavy atom.